The topological polar surface area (TPSA) is 24.9 Å². The molecule has 172 valence electrons. The van der Waals surface area contributed by atoms with Crippen LogP contribution in [-0.2, 0) is 9.47 Å². The molecule has 0 aliphatic carbocycles. The lowest BCUT2D eigenvalue weighted by Crippen LogP contribution is -2.44. The van der Waals surface area contributed by atoms with Gasteiger partial charge in [-0.25, -0.2) is 0 Å². The molecule has 3 aliphatic rings. The van der Waals surface area contributed by atoms with Crippen molar-refractivity contribution in [2.24, 2.45) is 0 Å². The third kappa shape index (κ3) is 3.28. The van der Waals surface area contributed by atoms with Crippen LogP contribution in [0.5, 0.6) is 0 Å². The van der Waals surface area contributed by atoms with Gasteiger partial charge < -0.3 is 19.3 Å². The molecule has 0 bridgehead atoms. The molecule has 3 aliphatic heterocycles. The molecule has 0 atom stereocenters. The molecule has 4 nitrogen and oxygen atoms in total. The first kappa shape index (κ1) is 20.3. The molecule has 0 aromatic heterocycles. The van der Waals surface area contributed by atoms with E-state index in [0.717, 1.165) is 52.1 Å². The third-order valence-electron chi connectivity index (χ3n) is 7.84. The quantitative estimate of drug-likeness (QED) is 0.330. The van der Waals surface area contributed by atoms with E-state index >= 15 is 0 Å². The number of benzene rings is 4. The lowest BCUT2D eigenvalue weighted by molar-refractivity contribution is 0.0851. The first-order chi connectivity index (χ1) is 16.9. The highest BCUT2D eigenvalue weighted by Crippen LogP contribution is 2.53. The Morgan fingerprint density at radius 1 is 0.471 bits per heavy atom. The van der Waals surface area contributed by atoms with Crippen molar-refractivity contribution in [2.75, 3.05) is 36.2 Å². The number of rotatable bonds is 2. The average Bonchev–Trinajstić information content (AvgIpc) is 2.90. The molecule has 4 heteroatoms. The van der Waals surface area contributed by atoms with Crippen LogP contribution in [0.25, 0.3) is 21.5 Å². The molecule has 4 aromatic carbocycles. The van der Waals surface area contributed by atoms with Gasteiger partial charge in [0.05, 0.1) is 22.7 Å². The fraction of sp³-hybridized carbons (Fsp3) is 0.333. The smallest absolute Gasteiger partial charge is 0.0661 e. The van der Waals surface area contributed by atoms with Crippen molar-refractivity contribution in [2.45, 2.75) is 37.8 Å². The Morgan fingerprint density at radius 2 is 0.765 bits per heavy atom. The Bertz CT molecular complexity index is 1160. The minimum atomic E-state index is 0.436. The van der Waals surface area contributed by atoms with E-state index in [-0.39, 0.29) is 0 Å². The van der Waals surface area contributed by atoms with Gasteiger partial charge in [0.15, 0.2) is 0 Å². The molecule has 2 saturated heterocycles. The van der Waals surface area contributed by atoms with E-state index in [1.807, 2.05) is 0 Å². The van der Waals surface area contributed by atoms with E-state index in [1.165, 1.54) is 44.3 Å². The summed E-state index contributed by atoms with van der Waals surface area (Å²) in [6.07, 6.45) is 4.21. The summed E-state index contributed by atoms with van der Waals surface area (Å²) in [5.41, 5.74) is 5.33. The van der Waals surface area contributed by atoms with E-state index in [9.17, 15) is 0 Å². The van der Waals surface area contributed by atoms with Gasteiger partial charge in [0.2, 0.25) is 0 Å². The van der Waals surface area contributed by atoms with Crippen molar-refractivity contribution in [1.82, 2.24) is 0 Å². The van der Waals surface area contributed by atoms with Crippen LogP contribution in [0.4, 0.5) is 22.7 Å². The lowest BCUT2D eigenvalue weighted by Gasteiger charge is -2.48. The Morgan fingerprint density at radius 3 is 1.06 bits per heavy atom. The Labute approximate surface area is 200 Å². The molecule has 0 N–H and O–H groups in total. The lowest BCUT2D eigenvalue weighted by atomic mass is 9.94. The van der Waals surface area contributed by atoms with Gasteiger partial charge in [0.25, 0.3) is 0 Å². The summed E-state index contributed by atoms with van der Waals surface area (Å²) in [6.45, 7) is 3.32. The highest BCUT2D eigenvalue weighted by atomic mass is 16.5. The van der Waals surface area contributed by atoms with Crippen LogP contribution < -0.4 is 9.80 Å². The molecule has 0 saturated carbocycles. The fourth-order valence-corrected chi connectivity index (χ4v) is 6.14. The van der Waals surface area contributed by atoms with Gasteiger partial charge in [-0.05, 0) is 71.5 Å². The van der Waals surface area contributed by atoms with Crippen molar-refractivity contribution < 1.29 is 9.47 Å². The van der Waals surface area contributed by atoms with Crippen molar-refractivity contribution in [1.29, 1.82) is 0 Å². The molecule has 0 radical (unpaired) electrons. The van der Waals surface area contributed by atoms with Gasteiger partial charge in [0.1, 0.15) is 0 Å². The van der Waals surface area contributed by atoms with Crippen LogP contribution in [-0.4, -0.2) is 38.5 Å². The highest BCUT2D eigenvalue weighted by molar-refractivity contribution is 6.04. The summed E-state index contributed by atoms with van der Waals surface area (Å²) in [5, 5.41) is 5.20. The number of anilines is 4. The number of ether oxygens (including phenoxy) is 2. The van der Waals surface area contributed by atoms with E-state index in [4.69, 9.17) is 9.47 Å². The Kier molecular flexibility index (Phi) is 4.96. The largest absolute Gasteiger partial charge is 0.381 e. The van der Waals surface area contributed by atoms with E-state index in [2.05, 4.69) is 82.6 Å². The monoisotopic (exact) mass is 450 g/mol. The van der Waals surface area contributed by atoms with Gasteiger partial charge in [0, 0.05) is 38.5 Å². The zero-order valence-electron chi connectivity index (χ0n) is 19.5. The second-order valence-electron chi connectivity index (χ2n) is 9.80. The predicted octanol–water partition coefficient (Wildman–Crippen LogP) is 6.94. The number of hydrogen-bond donors (Lipinski definition) is 0. The average molecular weight is 451 g/mol. The van der Waals surface area contributed by atoms with Gasteiger partial charge >= 0.3 is 0 Å². The summed E-state index contributed by atoms with van der Waals surface area (Å²) < 4.78 is 11.5. The molecular weight excluding hydrogens is 420 g/mol. The Hall–Kier alpha value is -3.08. The SMILES string of the molecule is c1ccc2cc3c(cc2c1)N(C1CCOCC1)c1cc2ccccc2cc1N3C1CCOCC1. The van der Waals surface area contributed by atoms with Crippen LogP contribution in [0, 0.1) is 0 Å². The number of fused-ring (bicyclic) bond motifs is 4. The first-order valence-electron chi connectivity index (χ1n) is 12.7. The summed E-state index contributed by atoms with van der Waals surface area (Å²) in [4.78, 5) is 5.28. The zero-order valence-corrected chi connectivity index (χ0v) is 19.5. The summed E-state index contributed by atoms with van der Waals surface area (Å²) in [7, 11) is 0. The van der Waals surface area contributed by atoms with Gasteiger partial charge in [-0.1, -0.05) is 48.5 Å². The van der Waals surface area contributed by atoms with E-state index in [1.54, 1.807) is 0 Å². The van der Waals surface area contributed by atoms with Crippen molar-refractivity contribution in [3.63, 3.8) is 0 Å². The second kappa shape index (κ2) is 8.30. The standard InChI is InChI=1S/C30H30N2O2/c1-2-6-22-18-28-27(17-21(22)5-1)31(25-9-13-33-14-10-25)29-19-23-7-3-4-8-24(23)20-30(29)32(28)26-11-15-34-16-12-26/h1-8,17-20,25-26H,9-16H2. The van der Waals surface area contributed by atoms with Crippen LogP contribution in [0.1, 0.15) is 25.7 Å². The van der Waals surface area contributed by atoms with Gasteiger partial charge in [-0.2, -0.15) is 0 Å². The molecule has 4 aromatic rings. The molecule has 34 heavy (non-hydrogen) atoms. The summed E-state index contributed by atoms with van der Waals surface area (Å²) in [5.74, 6) is 0. The minimum Gasteiger partial charge on any atom is -0.381 e. The fourth-order valence-electron chi connectivity index (χ4n) is 6.14. The van der Waals surface area contributed by atoms with E-state index in [0.29, 0.717) is 12.1 Å². The second-order valence-corrected chi connectivity index (χ2v) is 9.80. The van der Waals surface area contributed by atoms with Crippen LogP contribution in [0.15, 0.2) is 72.8 Å². The maximum Gasteiger partial charge on any atom is 0.0661 e. The predicted molar refractivity (Wildman–Crippen MR) is 140 cm³/mol. The molecule has 0 amide bonds. The zero-order chi connectivity index (χ0) is 22.5. The molecule has 0 unspecified atom stereocenters. The maximum absolute atomic E-state index is 5.77. The van der Waals surface area contributed by atoms with Gasteiger partial charge in [-0.3, -0.25) is 0 Å². The molecule has 3 heterocycles. The summed E-state index contributed by atoms with van der Waals surface area (Å²) >= 11 is 0. The normalized spacial score (nSPS) is 19.4. The molecule has 0 spiro atoms. The van der Waals surface area contributed by atoms with E-state index < -0.39 is 0 Å². The molecular formula is C30H30N2O2. The summed E-state index contributed by atoms with van der Waals surface area (Å²) in [6, 6.07) is 28.1. The number of nitrogens with zero attached hydrogens (tertiary/aromatic N) is 2. The molecule has 2 fully saturated rings. The van der Waals surface area contributed by atoms with Crippen molar-refractivity contribution in [3.05, 3.63) is 72.8 Å². The van der Waals surface area contributed by atoms with Gasteiger partial charge in [-0.15, -0.1) is 0 Å². The van der Waals surface area contributed by atoms with Crippen LogP contribution in [0.2, 0.25) is 0 Å². The third-order valence-corrected chi connectivity index (χ3v) is 7.84. The molecule has 7 rings (SSSR count). The number of hydrogen-bond acceptors (Lipinski definition) is 4. The maximum atomic E-state index is 5.77. The van der Waals surface area contributed by atoms with Crippen molar-refractivity contribution >= 4 is 44.3 Å². The van der Waals surface area contributed by atoms with Crippen LogP contribution in [0.3, 0.4) is 0 Å². The van der Waals surface area contributed by atoms with Crippen LogP contribution >= 0.6 is 0 Å². The Balaban J connectivity index is 1.51. The highest BCUT2D eigenvalue weighted by Gasteiger charge is 2.37. The minimum absolute atomic E-state index is 0.436. The van der Waals surface area contributed by atoms with Crippen molar-refractivity contribution in [3.8, 4) is 0 Å². The first-order valence-corrected chi connectivity index (χ1v) is 12.7.